The number of ketones is 1. The molecule has 3 saturated heterocycles. The smallest absolute Gasteiger partial charge is 0.249 e. The van der Waals surface area contributed by atoms with Crippen molar-refractivity contribution in [3.63, 3.8) is 0 Å². The Morgan fingerprint density at radius 3 is 2.43 bits per heavy atom. The fraction of sp³-hybridized carbons (Fsp3) is 0.654. The molecule has 1 aromatic rings. The van der Waals surface area contributed by atoms with Crippen LogP contribution in [0.15, 0.2) is 18.2 Å². The van der Waals surface area contributed by atoms with E-state index in [9.17, 15) is 19.5 Å². The van der Waals surface area contributed by atoms with Gasteiger partial charge < -0.3 is 25.4 Å². The number of rotatable bonds is 7. The van der Waals surface area contributed by atoms with E-state index in [1.54, 1.807) is 6.07 Å². The summed E-state index contributed by atoms with van der Waals surface area (Å²) >= 11 is 0. The van der Waals surface area contributed by atoms with Crippen LogP contribution in [0.4, 0.5) is 5.69 Å². The zero-order valence-corrected chi connectivity index (χ0v) is 21.1. The first kappa shape index (κ1) is 25.6. The van der Waals surface area contributed by atoms with Gasteiger partial charge in [0.05, 0.1) is 12.5 Å². The van der Waals surface area contributed by atoms with Crippen molar-refractivity contribution in [1.29, 1.82) is 0 Å². The number of fused-ring (bicyclic) bond motifs is 1. The predicted octanol–water partition coefficient (Wildman–Crippen LogP) is 0.985. The van der Waals surface area contributed by atoms with E-state index in [-0.39, 0.29) is 30.8 Å². The van der Waals surface area contributed by atoms with Gasteiger partial charge in [-0.1, -0.05) is 13.8 Å². The second-order valence-corrected chi connectivity index (χ2v) is 10.7. The Morgan fingerprint density at radius 2 is 1.83 bits per heavy atom. The first-order valence-corrected chi connectivity index (χ1v) is 12.6. The maximum absolute atomic E-state index is 13.9. The largest absolute Gasteiger partial charge is 0.388 e. The topological polar surface area (TPSA) is 116 Å². The minimum Gasteiger partial charge on any atom is -0.388 e. The second kappa shape index (κ2) is 10.2. The molecular formula is C26H38N4O5. The number of likely N-dealkylation sites (tertiary alicyclic amines) is 1. The van der Waals surface area contributed by atoms with Gasteiger partial charge in [0.15, 0.2) is 5.78 Å². The SMILES string of the molecule is CC(C)C[C@H](C(=O)N1C[C@H](O)[C@H]2OCC(=O)[C@H]21)c1cc(N2CCN(C(C)C)CC2)ccc1C(N)=O. The summed E-state index contributed by atoms with van der Waals surface area (Å²) < 4.78 is 5.46. The number of piperazine rings is 1. The van der Waals surface area contributed by atoms with E-state index in [0.717, 1.165) is 31.9 Å². The number of carbonyl (C=O) groups is 3. The number of nitrogens with zero attached hydrogens (tertiary/aromatic N) is 3. The van der Waals surface area contributed by atoms with E-state index in [1.807, 2.05) is 26.0 Å². The number of carbonyl (C=O) groups excluding carboxylic acids is 3. The average molecular weight is 487 g/mol. The van der Waals surface area contributed by atoms with E-state index in [1.165, 1.54) is 4.90 Å². The number of Topliss-reactive ketones (excluding diaryl/α,β-unsaturated/α-hetero) is 1. The predicted molar refractivity (Wildman–Crippen MR) is 132 cm³/mol. The number of β-amino-alcohol motifs (C(OH)–C–C–N with tert-alkyl or cyclic N) is 1. The zero-order valence-electron chi connectivity index (χ0n) is 21.1. The van der Waals surface area contributed by atoms with Gasteiger partial charge in [0.1, 0.15) is 24.9 Å². The van der Waals surface area contributed by atoms with Gasteiger partial charge in [-0.15, -0.1) is 0 Å². The Bertz CT molecular complexity index is 972. The van der Waals surface area contributed by atoms with Gasteiger partial charge in [-0.25, -0.2) is 0 Å². The van der Waals surface area contributed by atoms with Crippen LogP contribution < -0.4 is 10.6 Å². The lowest BCUT2D eigenvalue weighted by Crippen LogP contribution is -2.49. The molecule has 4 atom stereocenters. The van der Waals surface area contributed by atoms with Crippen LogP contribution in [0.1, 0.15) is 56.0 Å². The lowest BCUT2D eigenvalue weighted by Gasteiger charge is -2.38. The Hall–Kier alpha value is -2.49. The quantitative estimate of drug-likeness (QED) is 0.590. The molecule has 0 radical (unpaired) electrons. The van der Waals surface area contributed by atoms with Gasteiger partial charge in [-0.05, 0) is 49.9 Å². The molecule has 4 rings (SSSR count). The average Bonchev–Trinajstić information content (AvgIpc) is 3.37. The molecule has 35 heavy (non-hydrogen) atoms. The minimum absolute atomic E-state index is 0.0389. The molecule has 192 valence electrons. The minimum atomic E-state index is -0.908. The van der Waals surface area contributed by atoms with Gasteiger partial charge >= 0.3 is 0 Å². The number of aliphatic hydroxyl groups excluding tert-OH is 1. The van der Waals surface area contributed by atoms with Crippen molar-refractivity contribution >= 4 is 23.3 Å². The van der Waals surface area contributed by atoms with Crippen LogP contribution >= 0.6 is 0 Å². The first-order chi connectivity index (χ1) is 16.6. The molecule has 0 saturated carbocycles. The standard InChI is InChI=1S/C26H38N4O5/c1-15(2)11-20(26(34)30-13-21(31)24-23(30)22(32)14-35-24)19-12-17(5-6-18(19)25(27)33)29-9-7-28(8-10-29)16(3)4/h5-6,12,15-16,20-21,23-24,31H,7-11,13-14H2,1-4H3,(H2,27,33)/t20-,21-,23+,24+/m0/s1. The second-order valence-electron chi connectivity index (χ2n) is 10.7. The molecule has 3 N–H and O–H groups in total. The summed E-state index contributed by atoms with van der Waals surface area (Å²) in [5.74, 6) is -1.56. The van der Waals surface area contributed by atoms with E-state index in [0.29, 0.717) is 23.6 Å². The van der Waals surface area contributed by atoms with Crippen molar-refractivity contribution in [1.82, 2.24) is 9.80 Å². The summed E-state index contributed by atoms with van der Waals surface area (Å²) in [7, 11) is 0. The Kier molecular flexibility index (Phi) is 7.49. The van der Waals surface area contributed by atoms with Crippen molar-refractivity contribution in [2.75, 3.05) is 44.2 Å². The van der Waals surface area contributed by atoms with Crippen LogP contribution in [-0.4, -0.2) is 96.1 Å². The Labute approximate surface area is 207 Å². The van der Waals surface area contributed by atoms with Crippen molar-refractivity contribution in [3.8, 4) is 0 Å². The van der Waals surface area contributed by atoms with E-state index in [2.05, 4.69) is 23.6 Å². The molecule has 1 aromatic carbocycles. The number of nitrogens with two attached hydrogens (primary N) is 1. The highest BCUT2D eigenvalue weighted by Gasteiger charge is 2.52. The molecule has 2 amide bonds. The molecule has 3 heterocycles. The molecule has 9 heteroatoms. The van der Waals surface area contributed by atoms with Gasteiger partial charge in [-0.3, -0.25) is 19.3 Å². The van der Waals surface area contributed by atoms with Crippen LogP contribution in [0.25, 0.3) is 0 Å². The molecule has 0 aromatic heterocycles. The van der Waals surface area contributed by atoms with Gasteiger partial charge in [0.2, 0.25) is 11.8 Å². The third-order valence-electron chi connectivity index (χ3n) is 7.53. The number of ether oxygens (including phenoxy) is 1. The lowest BCUT2D eigenvalue weighted by atomic mass is 9.85. The number of primary amides is 1. The Balaban J connectivity index is 1.68. The number of aliphatic hydroxyl groups is 1. The van der Waals surface area contributed by atoms with Gasteiger partial charge in [0, 0.05) is 43.5 Å². The fourth-order valence-electron chi connectivity index (χ4n) is 5.65. The highest BCUT2D eigenvalue weighted by molar-refractivity contribution is 5.99. The normalized spacial score (nSPS) is 26.0. The molecule has 0 aliphatic carbocycles. The van der Waals surface area contributed by atoms with Crippen molar-refractivity contribution in [3.05, 3.63) is 29.3 Å². The molecule has 3 aliphatic heterocycles. The van der Waals surface area contributed by atoms with Crippen LogP contribution in [0.3, 0.4) is 0 Å². The number of amides is 2. The van der Waals surface area contributed by atoms with Crippen LogP contribution in [0.5, 0.6) is 0 Å². The number of benzene rings is 1. The van der Waals surface area contributed by atoms with E-state index in [4.69, 9.17) is 10.5 Å². The number of hydrogen-bond acceptors (Lipinski definition) is 7. The summed E-state index contributed by atoms with van der Waals surface area (Å²) in [4.78, 5) is 45.0. The van der Waals surface area contributed by atoms with E-state index >= 15 is 0 Å². The molecule has 0 unspecified atom stereocenters. The van der Waals surface area contributed by atoms with Crippen molar-refractivity contribution < 1.29 is 24.2 Å². The van der Waals surface area contributed by atoms with Crippen LogP contribution in [0.2, 0.25) is 0 Å². The third-order valence-corrected chi connectivity index (χ3v) is 7.53. The summed E-state index contributed by atoms with van der Waals surface area (Å²) in [5.41, 5.74) is 7.61. The van der Waals surface area contributed by atoms with Crippen LogP contribution in [-0.2, 0) is 14.3 Å². The first-order valence-electron chi connectivity index (χ1n) is 12.6. The number of anilines is 1. The number of hydrogen-bond donors (Lipinski definition) is 2. The Morgan fingerprint density at radius 1 is 1.14 bits per heavy atom. The van der Waals surface area contributed by atoms with Crippen molar-refractivity contribution in [2.45, 2.75) is 64.3 Å². The summed E-state index contributed by atoms with van der Waals surface area (Å²) in [6.45, 7) is 11.9. The maximum atomic E-state index is 13.9. The molecule has 0 spiro atoms. The molecular weight excluding hydrogens is 448 g/mol. The van der Waals surface area contributed by atoms with E-state index < -0.39 is 30.1 Å². The van der Waals surface area contributed by atoms with Gasteiger partial charge in [0.25, 0.3) is 0 Å². The monoisotopic (exact) mass is 486 g/mol. The summed E-state index contributed by atoms with van der Waals surface area (Å²) in [5, 5.41) is 10.4. The molecule has 3 aliphatic rings. The fourth-order valence-corrected chi connectivity index (χ4v) is 5.65. The highest BCUT2D eigenvalue weighted by atomic mass is 16.5. The summed E-state index contributed by atoms with van der Waals surface area (Å²) in [6, 6.07) is 5.24. The summed E-state index contributed by atoms with van der Waals surface area (Å²) in [6.07, 6.45) is -1.11. The van der Waals surface area contributed by atoms with Crippen molar-refractivity contribution in [2.24, 2.45) is 11.7 Å². The molecule has 0 bridgehead atoms. The molecule has 3 fully saturated rings. The third kappa shape index (κ3) is 5.08. The van der Waals surface area contributed by atoms with Gasteiger partial charge in [-0.2, -0.15) is 0 Å². The zero-order chi connectivity index (χ0) is 25.4. The van der Waals surface area contributed by atoms with Crippen LogP contribution in [0, 0.1) is 5.92 Å². The highest BCUT2D eigenvalue weighted by Crippen LogP contribution is 2.36. The maximum Gasteiger partial charge on any atom is 0.249 e. The lowest BCUT2D eigenvalue weighted by molar-refractivity contribution is -0.138. The molecule has 9 nitrogen and oxygen atoms in total.